The normalized spacial score (nSPS) is 20.1. The number of likely N-dealkylation sites (N-methyl/N-ethyl adjacent to an activating group) is 1. The number of hydrogen-bond acceptors (Lipinski definition) is 5. The Morgan fingerprint density at radius 2 is 2.19 bits per heavy atom. The third kappa shape index (κ3) is 4.20. The highest BCUT2D eigenvalue weighted by Crippen LogP contribution is 2.36. The number of anilines is 1. The van der Waals surface area contributed by atoms with Gasteiger partial charge in [0.15, 0.2) is 6.61 Å². The van der Waals surface area contributed by atoms with Gasteiger partial charge in [-0.05, 0) is 24.8 Å². The van der Waals surface area contributed by atoms with Gasteiger partial charge >= 0.3 is 0 Å². The van der Waals surface area contributed by atoms with Gasteiger partial charge in [0.1, 0.15) is 10.6 Å². The average Bonchev–Trinajstić information content (AvgIpc) is 2.60. The number of halogens is 1. The molecule has 8 nitrogen and oxygen atoms in total. The lowest BCUT2D eigenvalue weighted by molar-refractivity contribution is -0.132. The van der Waals surface area contributed by atoms with Crippen molar-refractivity contribution in [1.82, 2.24) is 9.21 Å². The van der Waals surface area contributed by atoms with Gasteiger partial charge in [-0.15, -0.1) is 0 Å². The van der Waals surface area contributed by atoms with Crippen LogP contribution in [0.1, 0.15) is 19.8 Å². The zero-order valence-corrected chi connectivity index (χ0v) is 16.8. The van der Waals surface area contributed by atoms with Gasteiger partial charge in [-0.1, -0.05) is 18.5 Å². The lowest BCUT2D eigenvalue weighted by atomic mass is 10.0. The van der Waals surface area contributed by atoms with Gasteiger partial charge < -0.3 is 15.0 Å². The van der Waals surface area contributed by atoms with Crippen LogP contribution < -0.4 is 10.1 Å². The van der Waals surface area contributed by atoms with Crippen molar-refractivity contribution in [2.45, 2.75) is 24.7 Å². The molecular weight excluding hydrogens is 394 g/mol. The molecule has 2 aliphatic rings. The van der Waals surface area contributed by atoms with Crippen LogP contribution in [0.2, 0.25) is 5.02 Å². The number of fused-ring (bicyclic) bond motifs is 1. The molecule has 0 saturated carbocycles. The zero-order chi connectivity index (χ0) is 19.8. The SMILES string of the molecule is CC1CCCN(C(=O)CN(C)S(=O)(=O)c2cc3c(cc2Cl)NC(=O)CO3)C1. The number of ether oxygens (including phenoxy) is 1. The maximum absolute atomic E-state index is 12.9. The molecule has 0 aromatic heterocycles. The van der Waals surface area contributed by atoms with E-state index in [0.29, 0.717) is 24.7 Å². The number of rotatable bonds is 4. The number of piperidine rings is 1. The van der Waals surface area contributed by atoms with Crippen molar-refractivity contribution in [1.29, 1.82) is 0 Å². The van der Waals surface area contributed by atoms with Crippen molar-refractivity contribution in [3.05, 3.63) is 17.2 Å². The highest BCUT2D eigenvalue weighted by atomic mass is 35.5. The van der Waals surface area contributed by atoms with Crippen molar-refractivity contribution >= 4 is 39.1 Å². The highest BCUT2D eigenvalue weighted by molar-refractivity contribution is 7.89. The zero-order valence-electron chi connectivity index (χ0n) is 15.2. The van der Waals surface area contributed by atoms with E-state index in [4.69, 9.17) is 16.3 Å². The summed E-state index contributed by atoms with van der Waals surface area (Å²) >= 11 is 6.13. The quantitative estimate of drug-likeness (QED) is 0.804. The third-order valence-electron chi connectivity index (χ3n) is 4.72. The molecule has 0 spiro atoms. The lowest BCUT2D eigenvalue weighted by Gasteiger charge is -2.32. The number of carbonyl (C=O) groups is 2. The van der Waals surface area contributed by atoms with E-state index in [2.05, 4.69) is 12.2 Å². The summed E-state index contributed by atoms with van der Waals surface area (Å²) in [5.74, 6) is 0.0621. The predicted molar refractivity (Wildman–Crippen MR) is 100 cm³/mol. The van der Waals surface area contributed by atoms with Crippen LogP contribution in [0.3, 0.4) is 0 Å². The van der Waals surface area contributed by atoms with Crippen molar-refractivity contribution < 1.29 is 22.7 Å². The standard InChI is InChI=1S/C17H22ClN3O5S/c1-11-4-3-5-21(8-11)17(23)9-20(2)27(24,25)15-7-14-13(6-12(15)18)19-16(22)10-26-14/h6-7,11H,3-5,8-10H2,1-2H3,(H,19,22). The summed E-state index contributed by atoms with van der Waals surface area (Å²) in [7, 11) is -2.66. The van der Waals surface area contributed by atoms with Gasteiger partial charge in [0.2, 0.25) is 15.9 Å². The number of nitrogens with zero attached hydrogens (tertiary/aromatic N) is 2. The first-order chi connectivity index (χ1) is 12.7. The van der Waals surface area contributed by atoms with Crippen LogP contribution in [-0.2, 0) is 19.6 Å². The molecule has 1 aromatic rings. The van der Waals surface area contributed by atoms with Gasteiger partial charge in [0.25, 0.3) is 5.91 Å². The maximum Gasteiger partial charge on any atom is 0.262 e. The first-order valence-corrected chi connectivity index (χ1v) is 10.5. The van der Waals surface area contributed by atoms with Gasteiger partial charge in [0.05, 0.1) is 17.3 Å². The van der Waals surface area contributed by atoms with Crippen LogP contribution in [0.15, 0.2) is 17.0 Å². The largest absolute Gasteiger partial charge is 0.482 e. The summed E-state index contributed by atoms with van der Waals surface area (Å²) in [5, 5.41) is 2.52. The second-order valence-corrected chi connectivity index (χ2v) is 9.38. The molecule has 1 unspecified atom stereocenters. The van der Waals surface area contributed by atoms with E-state index < -0.39 is 10.0 Å². The average molecular weight is 416 g/mol. The summed E-state index contributed by atoms with van der Waals surface area (Å²) in [4.78, 5) is 25.4. The molecular formula is C17H22ClN3O5S. The summed E-state index contributed by atoms with van der Waals surface area (Å²) in [6.07, 6.45) is 1.99. The molecule has 0 aliphatic carbocycles. The molecule has 1 aromatic carbocycles. The van der Waals surface area contributed by atoms with Gasteiger partial charge in [-0.2, -0.15) is 4.31 Å². The lowest BCUT2D eigenvalue weighted by Crippen LogP contribution is -2.45. The number of hydrogen-bond donors (Lipinski definition) is 1. The van der Waals surface area contributed by atoms with Gasteiger partial charge in [-0.25, -0.2) is 8.42 Å². The molecule has 1 saturated heterocycles. The van der Waals surface area contributed by atoms with Gasteiger partial charge in [-0.3, -0.25) is 9.59 Å². The molecule has 3 rings (SSSR count). The smallest absolute Gasteiger partial charge is 0.262 e. The molecule has 2 heterocycles. The van der Waals surface area contributed by atoms with E-state index in [1.807, 2.05) is 0 Å². The Kier molecular flexibility index (Phi) is 5.64. The number of sulfonamides is 1. The topological polar surface area (TPSA) is 96.0 Å². The Balaban J connectivity index is 1.79. The second-order valence-electron chi connectivity index (χ2n) is 6.96. The number of benzene rings is 1. The Bertz CT molecular complexity index is 874. The van der Waals surface area contributed by atoms with E-state index >= 15 is 0 Å². The minimum Gasteiger partial charge on any atom is -0.482 e. The van der Waals surface area contributed by atoms with Crippen LogP contribution in [0.25, 0.3) is 0 Å². The fraction of sp³-hybridized carbons (Fsp3) is 0.529. The Morgan fingerprint density at radius 1 is 1.44 bits per heavy atom. The van der Waals surface area contributed by atoms with Gasteiger partial charge in [0, 0.05) is 26.2 Å². The predicted octanol–water partition coefficient (Wildman–Crippen LogP) is 1.55. The summed E-state index contributed by atoms with van der Waals surface area (Å²) in [6.45, 7) is 2.89. The number of likely N-dealkylation sites (tertiary alicyclic amines) is 1. The summed E-state index contributed by atoms with van der Waals surface area (Å²) in [5.41, 5.74) is 0.316. The van der Waals surface area contributed by atoms with E-state index in [0.717, 1.165) is 17.1 Å². The fourth-order valence-electron chi connectivity index (χ4n) is 3.24. The molecule has 0 radical (unpaired) electrons. The Hall–Kier alpha value is -1.84. The highest BCUT2D eigenvalue weighted by Gasteiger charge is 2.30. The van der Waals surface area contributed by atoms with Crippen molar-refractivity contribution in [2.75, 3.05) is 38.6 Å². The van der Waals surface area contributed by atoms with E-state index in [1.54, 1.807) is 4.90 Å². The Labute approximate surface area is 163 Å². The third-order valence-corrected chi connectivity index (χ3v) is 6.99. The molecule has 148 valence electrons. The molecule has 2 aliphatic heterocycles. The minimum atomic E-state index is -4.00. The monoisotopic (exact) mass is 415 g/mol. The van der Waals surface area contributed by atoms with Crippen LogP contribution in [-0.4, -0.2) is 62.7 Å². The van der Waals surface area contributed by atoms with Crippen LogP contribution in [0, 0.1) is 5.92 Å². The van der Waals surface area contributed by atoms with Crippen LogP contribution >= 0.6 is 11.6 Å². The Morgan fingerprint density at radius 3 is 2.89 bits per heavy atom. The van der Waals surface area contributed by atoms with E-state index in [-0.39, 0.29) is 40.6 Å². The maximum atomic E-state index is 12.9. The molecule has 1 N–H and O–H groups in total. The molecule has 0 bridgehead atoms. The molecule has 2 amide bonds. The molecule has 10 heteroatoms. The number of nitrogens with one attached hydrogen (secondary N) is 1. The minimum absolute atomic E-state index is 0.0505. The van der Waals surface area contributed by atoms with E-state index in [9.17, 15) is 18.0 Å². The molecule has 27 heavy (non-hydrogen) atoms. The summed E-state index contributed by atoms with van der Waals surface area (Å²) in [6, 6.07) is 2.61. The van der Waals surface area contributed by atoms with Crippen LogP contribution in [0.5, 0.6) is 5.75 Å². The number of carbonyl (C=O) groups excluding carboxylic acids is 2. The summed E-state index contributed by atoms with van der Waals surface area (Å²) < 4.78 is 32.1. The van der Waals surface area contributed by atoms with Crippen molar-refractivity contribution in [2.24, 2.45) is 5.92 Å². The molecule has 1 fully saturated rings. The van der Waals surface area contributed by atoms with Crippen LogP contribution in [0.4, 0.5) is 5.69 Å². The first kappa shape index (κ1) is 19.9. The van der Waals surface area contributed by atoms with Crippen molar-refractivity contribution in [3.63, 3.8) is 0 Å². The first-order valence-electron chi connectivity index (χ1n) is 8.69. The van der Waals surface area contributed by atoms with Crippen molar-refractivity contribution in [3.8, 4) is 5.75 Å². The van der Waals surface area contributed by atoms with E-state index in [1.165, 1.54) is 19.2 Å². The number of amides is 2. The fourth-order valence-corrected chi connectivity index (χ4v) is 4.87. The second kappa shape index (κ2) is 7.65. The molecule has 1 atom stereocenters.